The fraction of sp³-hybridized carbons (Fsp3) is 0.562. The van der Waals surface area contributed by atoms with Crippen LogP contribution >= 0.6 is 0 Å². The van der Waals surface area contributed by atoms with E-state index >= 15 is 0 Å². The van der Waals surface area contributed by atoms with Gasteiger partial charge >= 0.3 is 5.97 Å². The highest BCUT2D eigenvalue weighted by atomic mass is 16.5. The van der Waals surface area contributed by atoms with Gasteiger partial charge in [0.25, 0.3) is 0 Å². The van der Waals surface area contributed by atoms with Gasteiger partial charge in [-0.1, -0.05) is 32.9 Å². The van der Waals surface area contributed by atoms with Crippen LogP contribution in [-0.4, -0.2) is 30.8 Å². The van der Waals surface area contributed by atoms with Gasteiger partial charge in [0.1, 0.15) is 5.75 Å². The van der Waals surface area contributed by atoms with Crippen LogP contribution in [0.15, 0.2) is 24.3 Å². The van der Waals surface area contributed by atoms with Gasteiger partial charge in [-0.25, -0.2) is 0 Å². The van der Waals surface area contributed by atoms with Crippen molar-refractivity contribution < 1.29 is 14.6 Å². The van der Waals surface area contributed by atoms with E-state index in [0.29, 0.717) is 19.1 Å². The fourth-order valence-corrected chi connectivity index (χ4v) is 2.03. The molecule has 0 fully saturated rings. The van der Waals surface area contributed by atoms with Gasteiger partial charge in [-0.05, 0) is 24.5 Å². The number of benzene rings is 1. The predicted octanol–water partition coefficient (Wildman–Crippen LogP) is 3.41. The van der Waals surface area contributed by atoms with Gasteiger partial charge in [-0.3, -0.25) is 4.79 Å². The summed E-state index contributed by atoms with van der Waals surface area (Å²) in [6.45, 7) is 8.32. The molecule has 0 aromatic heterocycles. The maximum absolute atomic E-state index is 10.8. The van der Waals surface area contributed by atoms with Crippen LogP contribution in [-0.2, 0) is 4.79 Å². The van der Waals surface area contributed by atoms with E-state index in [1.165, 1.54) is 0 Å². The number of rotatable bonds is 9. The molecule has 0 radical (unpaired) electrons. The fourth-order valence-electron chi connectivity index (χ4n) is 2.03. The molecule has 0 atom stereocenters. The predicted molar refractivity (Wildman–Crippen MR) is 81.5 cm³/mol. The van der Waals surface area contributed by atoms with E-state index in [1.54, 1.807) is 0 Å². The number of anilines is 1. The topological polar surface area (TPSA) is 49.8 Å². The van der Waals surface area contributed by atoms with Crippen LogP contribution in [0.5, 0.6) is 5.75 Å². The lowest BCUT2D eigenvalue weighted by molar-refractivity contribution is -0.136. The summed E-state index contributed by atoms with van der Waals surface area (Å²) in [4.78, 5) is 12.9. The highest BCUT2D eigenvalue weighted by Crippen LogP contribution is 2.29. The molecule has 1 rings (SSSR count). The molecule has 20 heavy (non-hydrogen) atoms. The van der Waals surface area contributed by atoms with Crippen LogP contribution in [0.4, 0.5) is 5.69 Å². The van der Waals surface area contributed by atoms with Crippen molar-refractivity contribution in [2.75, 3.05) is 24.6 Å². The van der Waals surface area contributed by atoms with E-state index in [9.17, 15) is 4.79 Å². The van der Waals surface area contributed by atoms with Gasteiger partial charge in [-0.2, -0.15) is 0 Å². The molecule has 0 heterocycles. The SMILES string of the molecule is CCCOc1ccccc1N(CCC(=O)O)CC(C)C. The first-order valence-electron chi connectivity index (χ1n) is 7.23. The Hall–Kier alpha value is -1.71. The number of hydrogen-bond donors (Lipinski definition) is 1. The lowest BCUT2D eigenvalue weighted by Gasteiger charge is -2.28. The van der Waals surface area contributed by atoms with Crippen molar-refractivity contribution in [1.29, 1.82) is 0 Å². The standard InChI is InChI=1S/C16H25NO3/c1-4-11-20-15-8-6-5-7-14(15)17(12-13(2)3)10-9-16(18)19/h5-8,13H,4,9-12H2,1-3H3,(H,18,19). The van der Waals surface area contributed by atoms with Gasteiger partial charge in [-0.15, -0.1) is 0 Å². The summed E-state index contributed by atoms with van der Waals surface area (Å²) in [7, 11) is 0. The maximum atomic E-state index is 10.8. The van der Waals surface area contributed by atoms with Gasteiger partial charge in [0.2, 0.25) is 0 Å². The summed E-state index contributed by atoms with van der Waals surface area (Å²) in [6, 6.07) is 7.84. The number of para-hydroxylation sites is 2. The van der Waals surface area contributed by atoms with Gasteiger partial charge in [0.15, 0.2) is 0 Å². The monoisotopic (exact) mass is 279 g/mol. The third-order valence-electron chi connectivity index (χ3n) is 2.85. The average Bonchev–Trinajstić information content (AvgIpc) is 2.41. The molecule has 0 bridgehead atoms. The van der Waals surface area contributed by atoms with Gasteiger partial charge in [0, 0.05) is 13.1 Å². The number of aliphatic carboxylic acids is 1. The van der Waals surface area contributed by atoms with E-state index in [2.05, 4.69) is 25.7 Å². The molecule has 0 spiro atoms. The highest BCUT2D eigenvalue weighted by Gasteiger charge is 2.14. The van der Waals surface area contributed by atoms with E-state index in [-0.39, 0.29) is 6.42 Å². The summed E-state index contributed by atoms with van der Waals surface area (Å²) in [6.07, 6.45) is 1.09. The number of nitrogens with zero attached hydrogens (tertiary/aromatic N) is 1. The van der Waals surface area contributed by atoms with E-state index in [0.717, 1.165) is 24.4 Å². The van der Waals surface area contributed by atoms with Crippen LogP contribution in [0.2, 0.25) is 0 Å². The zero-order valence-corrected chi connectivity index (χ0v) is 12.6. The third-order valence-corrected chi connectivity index (χ3v) is 2.85. The normalized spacial score (nSPS) is 10.6. The van der Waals surface area contributed by atoms with Crippen molar-refractivity contribution in [1.82, 2.24) is 0 Å². The first kappa shape index (κ1) is 16.3. The molecule has 0 aliphatic carbocycles. The number of carboxylic acids is 1. The molecular weight excluding hydrogens is 254 g/mol. The lowest BCUT2D eigenvalue weighted by atomic mass is 10.1. The molecular formula is C16H25NO3. The van der Waals surface area contributed by atoms with Crippen LogP contribution in [0, 0.1) is 5.92 Å². The van der Waals surface area contributed by atoms with Crippen LogP contribution in [0.1, 0.15) is 33.6 Å². The molecule has 4 nitrogen and oxygen atoms in total. The zero-order chi connectivity index (χ0) is 15.0. The molecule has 0 aliphatic heterocycles. The molecule has 0 saturated carbocycles. The van der Waals surface area contributed by atoms with Crippen LogP contribution < -0.4 is 9.64 Å². The molecule has 0 saturated heterocycles. The molecule has 1 N–H and O–H groups in total. The van der Waals surface area contributed by atoms with E-state index < -0.39 is 5.97 Å². The summed E-state index contributed by atoms with van der Waals surface area (Å²) >= 11 is 0. The summed E-state index contributed by atoms with van der Waals surface area (Å²) in [5.74, 6) is 0.522. The number of carbonyl (C=O) groups is 1. The minimum Gasteiger partial charge on any atom is -0.491 e. The van der Waals surface area contributed by atoms with Crippen molar-refractivity contribution in [2.24, 2.45) is 5.92 Å². The summed E-state index contributed by atoms with van der Waals surface area (Å²) < 4.78 is 5.77. The number of hydrogen-bond acceptors (Lipinski definition) is 3. The zero-order valence-electron chi connectivity index (χ0n) is 12.6. The Labute approximate surface area is 121 Å². The molecule has 1 aromatic rings. The average molecular weight is 279 g/mol. The Morgan fingerprint density at radius 1 is 1.35 bits per heavy atom. The quantitative estimate of drug-likeness (QED) is 0.752. The second-order valence-electron chi connectivity index (χ2n) is 5.30. The van der Waals surface area contributed by atoms with E-state index in [4.69, 9.17) is 9.84 Å². The minimum absolute atomic E-state index is 0.134. The first-order valence-corrected chi connectivity index (χ1v) is 7.23. The largest absolute Gasteiger partial charge is 0.491 e. The van der Waals surface area contributed by atoms with Crippen LogP contribution in [0.25, 0.3) is 0 Å². The molecule has 112 valence electrons. The summed E-state index contributed by atoms with van der Waals surface area (Å²) in [5.41, 5.74) is 0.982. The molecule has 0 aliphatic rings. The van der Waals surface area contributed by atoms with Crippen molar-refractivity contribution >= 4 is 11.7 Å². The van der Waals surface area contributed by atoms with Crippen molar-refractivity contribution in [2.45, 2.75) is 33.6 Å². The summed E-state index contributed by atoms with van der Waals surface area (Å²) in [5, 5.41) is 8.90. The minimum atomic E-state index is -0.772. The number of ether oxygens (including phenoxy) is 1. The third kappa shape index (κ3) is 5.51. The second-order valence-corrected chi connectivity index (χ2v) is 5.30. The maximum Gasteiger partial charge on any atom is 0.305 e. The Morgan fingerprint density at radius 2 is 2.05 bits per heavy atom. The smallest absolute Gasteiger partial charge is 0.305 e. The Bertz CT molecular complexity index is 418. The van der Waals surface area contributed by atoms with Crippen LogP contribution in [0.3, 0.4) is 0 Å². The van der Waals surface area contributed by atoms with Crippen molar-refractivity contribution in [3.63, 3.8) is 0 Å². The second kappa shape index (κ2) is 8.46. The van der Waals surface area contributed by atoms with Gasteiger partial charge in [0.05, 0.1) is 18.7 Å². The molecule has 0 unspecified atom stereocenters. The molecule has 0 amide bonds. The van der Waals surface area contributed by atoms with E-state index in [1.807, 2.05) is 24.3 Å². The van der Waals surface area contributed by atoms with Crippen molar-refractivity contribution in [3.05, 3.63) is 24.3 Å². The number of carboxylic acid groups (broad SMARTS) is 1. The highest BCUT2D eigenvalue weighted by molar-refractivity contribution is 5.68. The van der Waals surface area contributed by atoms with Gasteiger partial charge < -0.3 is 14.7 Å². The first-order chi connectivity index (χ1) is 9.54. The Kier molecular flexibility index (Phi) is 6.91. The van der Waals surface area contributed by atoms with Crippen molar-refractivity contribution in [3.8, 4) is 5.75 Å². The molecule has 1 aromatic carbocycles. The Morgan fingerprint density at radius 3 is 2.65 bits per heavy atom. The Balaban J connectivity index is 2.90. The molecule has 4 heteroatoms. The lowest BCUT2D eigenvalue weighted by Crippen LogP contribution is -2.30.